The number of likely N-dealkylation sites (N-methyl/N-ethyl adjacent to an activating group) is 1. The van der Waals surface area contributed by atoms with Crippen molar-refractivity contribution in [2.45, 2.75) is 18.8 Å². The summed E-state index contributed by atoms with van der Waals surface area (Å²) in [5, 5.41) is 13.4. The molecule has 1 aliphatic rings. The highest BCUT2D eigenvalue weighted by molar-refractivity contribution is 5.92. The molecule has 2 aromatic heterocycles. The smallest absolute Gasteiger partial charge is 0.290 e. The number of aromatic nitrogens is 2. The lowest BCUT2D eigenvalue weighted by Gasteiger charge is -2.41. The van der Waals surface area contributed by atoms with E-state index in [0.29, 0.717) is 25.5 Å². The minimum Gasteiger partial charge on any atom is -0.453 e. The maximum absolute atomic E-state index is 13.0. The highest BCUT2D eigenvalue weighted by Gasteiger charge is 2.38. The van der Waals surface area contributed by atoms with E-state index in [4.69, 9.17) is 14.3 Å². The Morgan fingerprint density at radius 1 is 1.44 bits per heavy atom. The predicted octanol–water partition coefficient (Wildman–Crippen LogP) is 0.649. The van der Waals surface area contributed by atoms with Gasteiger partial charge in [-0.15, -0.1) is 0 Å². The summed E-state index contributed by atoms with van der Waals surface area (Å²) >= 11 is 0. The maximum Gasteiger partial charge on any atom is 0.290 e. The van der Waals surface area contributed by atoms with Gasteiger partial charge in [-0.05, 0) is 26.2 Å². The number of aliphatic hydroxyl groups is 1. The summed E-state index contributed by atoms with van der Waals surface area (Å²) in [5.74, 6) is 0.392. The molecule has 1 aliphatic heterocycles. The van der Waals surface area contributed by atoms with Crippen LogP contribution in [0.2, 0.25) is 0 Å². The van der Waals surface area contributed by atoms with Gasteiger partial charge in [0, 0.05) is 31.9 Å². The molecule has 0 unspecified atom stereocenters. The second kappa shape index (κ2) is 7.38. The van der Waals surface area contributed by atoms with Crippen LogP contribution in [0.3, 0.4) is 0 Å². The van der Waals surface area contributed by atoms with Crippen LogP contribution < -0.4 is 0 Å². The average Bonchev–Trinajstić information content (AvgIpc) is 3.22. The van der Waals surface area contributed by atoms with Gasteiger partial charge >= 0.3 is 0 Å². The van der Waals surface area contributed by atoms with Gasteiger partial charge in [0.1, 0.15) is 12.4 Å². The van der Waals surface area contributed by atoms with Crippen LogP contribution in [-0.2, 0) is 18.4 Å². The van der Waals surface area contributed by atoms with Crippen LogP contribution in [-0.4, -0.2) is 70.5 Å². The number of rotatable bonds is 5. The Balaban J connectivity index is 1.92. The fraction of sp³-hybridized carbons (Fsp3) is 0.529. The van der Waals surface area contributed by atoms with Gasteiger partial charge in [0.15, 0.2) is 5.76 Å². The molecule has 1 amide bonds. The molecule has 0 bridgehead atoms. The van der Waals surface area contributed by atoms with Crippen LogP contribution >= 0.6 is 0 Å². The van der Waals surface area contributed by atoms with Crippen molar-refractivity contribution in [3.63, 3.8) is 0 Å². The van der Waals surface area contributed by atoms with Crippen LogP contribution in [0.25, 0.3) is 0 Å². The molecule has 136 valence electrons. The van der Waals surface area contributed by atoms with Crippen LogP contribution in [0.4, 0.5) is 0 Å². The normalized spacial score (nSPS) is 21.1. The fourth-order valence-electron chi connectivity index (χ4n) is 3.18. The van der Waals surface area contributed by atoms with Crippen LogP contribution in [0, 0.1) is 0 Å². The van der Waals surface area contributed by atoms with Crippen molar-refractivity contribution in [3.05, 3.63) is 41.6 Å². The summed E-state index contributed by atoms with van der Waals surface area (Å²) in [5.41, 5.74) is 0.927. The van der Waals surface area contributed by atoms with E-state index in [0.717, 1.165) is 5.56 Å². The second-order valence-electron chi connectivity index (χ2n) is 6.49. The fourth-order valence-corrected chi connectivity index (χ4v) is 3.18. The van der Waals surface area contributed by atoms with Gasteiger partial charge in [-0.1, -0.05) is 0 Å². The van der Waals surface area contributed by atoms with Gasteiger partial charge < -0.3 is 24.1 Å². The van der Waals surface area contributed by atoms with Crippen molar-refractivity contribution < 1.29 is 19.1 Å². The summed E-state index contributed by atoms with van der Waals surface area (Å²) in [6, 6.07) is 2.97. The van der Waals surface area contributed by atoms with Crippen LogP contribution in [0.1, 0.15) is 27.9 Å². The molecule has 8 heteroatoms. The molecule has 0 saturated carbocycles. The van der Waals surface area contributed by atoms with Gasteiger partial charge in [0.2, 0.25) is 0 Å². The molecule has 2 aromatic rings. The number of aryl methyl sites for hydroxylation is 1. The number of hydrogen-bond donors (Lipinski definition) is 1. The minimum atomic E-state index is -0.250. The number of ether oxygens (including phenoxy) is 1. The van der Waals surface area contributed by atoms with E-state index in [2.05, 4.69) is 5.10 Å². The summed E-state index contributed by atoms with van der Waals surface area (Å²) in [4.78, 5) is 16.8. The summed E-state index contributed by atoms with van der Waals surface area (Å²) < 4.78 is 13.1. The number of carbonyl (C=O) groups excluding carboxylic acids is 1. The van der Waals surface area contributed by atoms with E-state index in [9.17, 15) is 4.79 Å². The topological polar surface area (TPSA) is 84.0 Å². The van der Waals surface area contributed by atoms with E-state index in [-0.39, 0.29) is 30.4 Å². The molecule has 25 heavy (non-hydrogen) atoms. The third-order valence-electron chi connectivity index (χ3n) is 4.25. The molecular formula is C17H24N4O4. The Bertz CT molecular complexity index is 724. The van der Waals surface area contributed by atoms with E-state index >= 15 is 0 Å². The molecule has 0 spiro atoms. The Kier molecular flexibility index (Phi) is 5.22. The zero-order valence-corrected chi connectivity index (χ0v) is 14.8. The molecule has 2 atom stereocenters. The predicted molar refractivity (Wildman–Crippen MR) is 89.9 cm³/mol. The largest absolute Gasteiger partial charge is 0.453 e. The molecule has 0 aromatic carbocycles. The van der Waals surface area contributed by atoms with Crippen molar-refractivity contribution in [2.24, 2.45) is 7.05 Å². The van der Waals surface area contributed by atoms with E-state index in [1.54, 1.807) is 27.9 Å². The Morgan fingerprint density at radius 3 is 2.84 bits per heavy atom. The average molecular weight is 348 g/mol. The zero-order chi connectivity index (χ0) is 18.0. The maximum atomic E-state index is 13.0. The molecule has 0 radical (unpaired) electrons. The first-order chi connectivity index (χ1) is 12.0. The number of furan rings is 1. The van der Waals surface area contributed by atoms with E-state index < -0.39 is 0 Å². The van der Waals surface area contributed by atoms with Gasteiger partial charge in [-0.2, -0.15) is 5.10 Å². The number of hydrogen-bond acceptors (Lipinski definition) is 6. The number of nitrogens with zero attached hydrogens (tertiary/aromatic N) is 4. The van der Waals surface area contributed by atoms with E-state index in [1.807, 2.05) is 32.2 Å². The van der Waals surface area contributed by atoms with Crippen molar-refractivity contribution in [3.8, 4) is 0 Å². The molecule has 3 rings (SSSR count). The van der Waals surface area contributed by atoms with Gasteiger partial charge in [-0.3, -0.25) is 9.48 Å². The highest BCUT2D eigenvalue weighted by atomic mass is 16.5. The number of amides is 1. The Morgan fingerprint density at radius 2 is 2.24 bits per heavy atom. The summed E-state index contributed by atoms with van der Waals surface area (Å²) in [6.07, 6.45) is 3.51. The molecule has 8 nitrogen and oxygen atoms in total. The van der Waals surface area contributed by atoms with Gasteiger partial charge in [-0.25, -0.2) is 0 Å². The third-order valence-corrected chi connectivity index (χ3v) is 4.25. The summed E-state index contributed by atoms with van der Waals surface area (Å²) in [6.45, 7) is 1.39. The molecular weight excluding hydrogens is 324 g/mol. The first-order valence-electron chi connectivity index (χ1n) is 8.25. The van der Waals surface area contributed by atoms with Gasteiger partial charge in [0.05, 0.1) is 24.9 Å². The van der Waals surface area contributed by atoms with Crippen LogP contribution in [0.5, 0.6) is 0 Å². The first kappa shape index (κ1) is 17.7. The molecule has 1 saturated heterocycles. The Hall–Kier alpha value is -2.16. The highest BCUT2D eigenvalue weighted by Crippen LogP contribution is 2.31. The molecule has 0 aliphatic carbocycles. The lowest BCUT2D eigenvalue weighted by atomic mass is 10.00. The number of carbonyl (C=O) groups is 1. The SMILES string of the molecule is CN(C)C[C@@H]1OCCN(C(=O)c2ccc(CO)o2)[C@H]1c1cnn(C)c1. The monoisotopic (exact) mass is 348 g/mol. The van der Waals surface area contributed by atoms with Crippen LogP contribution in [0.15, 0.2) is 28.9 Å². The molecule has 1 N–H and O–H groups in total. The lowest BCUT2D eigenvalue weighted by molar-refractivity contribution is -0.0692. The summed E-state index contributed by atoms with van der Waals surface area (Å²) in [7, 11) is 5.80. The second-order valence-corrected chi connectivity index (χ2v) is 6.49. The number of aliphatic hydroxyl groups excluding tert-OH is 1. The number of morpholine rings is 1. The van der Waals surface area contributed by atoms with Crippen molar-refractivity contribution in [1.29, 1.82) is 0 Å². The lowest BCUT2D eigenvalue weighted by Crippen LogP contribution is -2.51. The Labute approximate surface area is 146 Å². The third kappa shape index (κ3) is 3.76. The zero-order valence-electron chi connectivity index (χ0n) is 14.8. The van der Waals surface area contributed by atoms with Crippen molar-refractivity contribution >= 4 is 5.91 Å². The standard InChI is InChI=1S/C17H24N4O4/c1-19(2)10-15-16(12-8-18-20(3)9-12)21(6-7-24-15)17(23)14-5-4-13(11-22)25-14/h4-5,8-9,15-16,22H,6-7,10-11H2,1-3H3/t15-,16-/m0/s1. The van der Waals surface area contributed by atoms with E-state index in [1.165, 1.54) is 0 Å². The van der Waals surface area contributed by atoms with Crippen molar-refractivity contribution in [2.75, 3.05) is 33.8 Å². The minimum absolute atomic E-state index is 0.163. The molecule has 1 fully saturated rings. The molecule has 3 heterocycles. The quantitative estimate of drug-likeness (QED) is 0.854. The first-order valence-corrected chi connectivity index (χ1v) is 8.25. The van der Waals surface area contributed by atoms with Crippen molar-refractivity contribution in [1.82, 2.24) is 19.6 Å². The van der Waals surface area contributed by atoms with Gasteiger partial charge in [0.25, 0.3) is 5.91 Å².